The van der Waals surface area contributed by atoms with Gasteiger partial charge in [0.2, 0.25) is 0 Å². The molecule has 4 N–H and O–H groups in total. The number of nitrogens with one attached hydrogen (secondary N) is 1. The molecule has 0 aromatic heterocycles. The van der Waals surface area contributed by atoms with Crippen molar-refractivity contribution in [1.29, 1.82) is 5.41 Å². The lowest BCUT2D eigenvalue weighted by atomic mass is 10.1. The lowest BCUT2D eigenvalue weighted by Crippen LogP contribution is -2.39. The van der Waals surface area contributed by atoms with E-state index in [9.17, 15) is 4.80 Å². The van der Waals surface area contributed by atoms with Crippen LogP contribution in [-0.2, 0) is 0 Å². The quantitative estimate of drug-likeness (QED) is 0.294. The zero-order chi connectivity index (χ0) is 16.3. The Morgan fingerprint density at radius 1 is 1.43 bits per heavy atom. The van der Waals surface area contributed by atoms with Crippen LogP contribution < -0.4 is 10.5 Å². The highest BCUT2D eigenvalue weighted by Gasteiger charge is 2.37. The molecule has 0 bridgehead atoms. The van der Waals surface area contributed by atoms with Crippen LogP contribution >= 0.6 is 15.9 Å². The SMILES string of the molecule is CC(C)(CCCOc1ccc(C(=N)N)cc1Br)[Si](C)(C)O. The van der Waals surface area contributed by atoms with Gasteiger partial charge in [0.25, 0.3) is 0 Å². The van der Waals surface area contributed by atoms with Gasteiger partial charge >= 0.3 is 0 Å². The van der Waals surface area contributed by atoms with Gasteiger partial charge in [-0.05, 0) is 65.1 Å². The van der Waals surface area contributed by atoms with E-state index in [4.69, 9.17) is 15.9 Å². The predicted molar refractivity (Wildman–Crippen MR) is 93.6 cm³/mol. The van der Waals surface area contributed by atoms with Crippen LogP contribution in [0.2, 0.25) is 18.1 Å². The normalized spacial score (nSPS) is 12.3. The Bertz CT molecular complexity index is 513. The molecule has 1 aromatic carbocycles. The monoisotopic (exact) mass is 372 g/mol. The van der Waals surface area contributed by atoms with Crippen LogP contribution in [0.25, 0.3) is 0 Å². The summed E-state index contributed by atoms with van der Waals surface area (Å²) in [7, 11) is -2.15. The number of halogens is 1. The molecule has 0 heterocycles. The molecule has 118 valence electrons. The molecular weight excluding hydrogens is 348 g/mol. The Morgan fingerprint density at radius 3 is 2.52 bits per heavy atom. The minimum atomic E-state index is -2.15. The molecule has 0 unspecified atom stereocenters. The molecule has 0 fully saturated rings. The number of nitrogen functional groups attached to an aromatic ring is 1. The minimum absolute atomic E-state index is 0.0217. The van der Waals surface area contributed by atoms with Crippen molar-refractivity contribution < 1.29 is 9.53 Å². The molecule has 1 aromatic rings. The number of amidine groups is 1. The van der Waals surface area contributed by atoms with Crippen LogP contribution in [0.1, 0.15) is 32.3 Å². The molecular formula is C15H25BrN2O2Si. The first kappa shape index (κ1) is 18.2. The van der Waals surface area contributed by atoms with E-state index >= 15 is 0 Å². The Balaban J connectivity index is 2.52. The fourth-order valence-electron chi connectivity index (χ4n) is 1.79. The van der Waals surface area contributed by atoms with Gasteiger partial charge in [0.15, 0.2) is 8.32 Å². The van der Waals surface area contributed by atoms with E-state index in [1.165, 1.54) is 0 Å². The van der Waals surface area contributed by atoms with Gasteiger partial charge in [-0.3, -0.25) is 5.41 Å². The second-order valence-corrected chi connectivity index (χ2v) is 11.8. The zero-order valence-corrected chi connectivity index (χ0v) is 15.8. The van der Waals surface area contributed by atoms with Gasteiger partial charge in [-0.15, -0.1) is 0 Å². The van der Waals surface area contributed by atoms with E-state index in [2.05, 4.69) is 29.8 Å². The number of benzene rings is 1. The van der Waals surface area contributed by atoms with Gasteiger partial charge < -0.3 is 15.3 Å². The Hall–Kier alpha value is -0.853. The van der Waals surface area contributed by atoms with Crippen LogP contribution in [-0.4, -0.2) is 25.6 Å². The molecule has 0 aliphatic rings. The van der Waals surface area contributed by atoms with Crippen LogP contribution in [0.5, 0.6) is 5.75 Å². The molecule has 0 saturated carbocycles. The maximum absolute atomic E-state index is 10.2. The molecule has 4 nitrogen and oxygen atoms in total. The van der Waals surface area contributed by atoms with Crippen LogP contribution in [0.3, 0.4) is 0 Å². The van der Waals surface area contributed by atoms with E-state index in [0.29, 0.717) is 12.2 Å². The van der Waals surface area contributed by atoms with Crippen LogP contribution in [0.15, 0.2) is 22.7 Å². The molecule has 0 spiro atoms. The number of rotatable bonds is 7. The summed E-state index contributed by atoms with van der Waals surface area (Å²) in [6.07, 6.45) is 1.83. The smallest absolute Gasteiger partial charge is 0.188 e. The highest BCUT2D eigenvalue weighted by Crippen LogP contribution is 2.39. The molecule has 0 radical (unpaired) electrons. The molecule has 0 aliphatic heterocycles. The largest absolute Gasteiger partial charge is 0.492 e. The van der Waals surface area contributed by atoms with Gasteiger partial charge in [-0.2, -0.15) is 0 Å². The highest BCUT2D eigenvalue weighted by molar-refractivity contribution is 9.10. The van der Waals surface area contributed by atoms with E-state index in [0.717, 1.165) is 23.1 Å². The topological polar surface area (TPSA) is 79.3 Å². The van der Waals surface area contributed by atoms with Crippen LogP contribution in [0, 0.1) is 5.41 Å². The molecule has 0 amide bonds. The van der Waals surface area contributed by atoms with Gasteiger partial charge in [0, 0.05) is 5.56 Å². The van der Waals surface area contributed by atoms with E-state index in [1.54, 1.807) is 12.1 Å². The molecule has 0 saturated heterocycles. The molecule has 6 heteroatoms. The summed E-state index contributed by atoms with van der Waals surface area (Å²) < 4.78 is 6.55. The van der Waals surface area contributed by atoms with Gasteiger partial charge in [-0.1, -0.05) is 13.8 Å². The number of hydrogen-bond acceptors (Lipinski definition) is 3. The lowest BCUT2D eigenvalue weighted by Gasteiger charge is -2.35. The first-order valence-corrected chi connectivity index (χ1v) is 10.8. The second kappa shape index (κ2) is 6.94. The van der Waals surface area contributed by atoms with Crippen molar-refractivity contribution in [2.75, 3.05) is 6.61 Å². The van der Waals surface area contributed by atoms with Crippen molar-refractivity contribution in [3.05, 3.63) is 28.2 Å². The fraction of sp³-hybridized carbons (Fsp3) is 0.533. The van der Waals surface area contributed by atoms with Crippen molar-refractivity contribution >= 4 is 30.1 Å². The second-order valence-electron chi connectivity index (χ2n) is 6.45. The standard InChI is InChI=1S/C15H25BrN2O2Si/c1-15(2,21(3,4)19)8-5-9-20-13-7-6-11(14(17)18)10-12(13)16/h6-7,10,19H,5,8-9H2,1-4H3,(H3,17,18). The van der Waals surface area contributed by atoms with Crippen molar-refractivity contribution in [2.45, 2.75) is 44.8 Å². The van der Waals surface area contributed by atoms with E-state index < -0.39 is 8.32 Å². The first-order chi connectivity index (χ1) is 9.54. The van der Waals surface area contributed by atoms with Crippen molar-refractivity contribution in [1.82, 2.24) is 0 Å². The van der Waals surface area contributed by atoms with E-state index in [-0.39, 0.29) is 10.9 Å². The first-order valence-electron chi connectivity index (χ1n) is 7.04. The Morgan fingerprint density at radius 2 is 2.05 bits per heavy atom. The summed E-state index contributed by atoms with van der Waals surface area (Å²) in [6.45, 7) is 8.80. The summed E-state index contributed by atoms with van der Waals surface area (Å²) >= 11 is 3.43. The summed E-state index contributed by atoms with van der Waals surface area (Å²) in [5, 5.41) is 7.37. The Kier molecular flexibility index (Phi) is 6.01. The zero-order valence-electron chi connectivity index (χ0n) is 13.2. The van der Waals surface area contributed by atoms with Crippen molar-refractivity contribution in [3.8, 4) is 5.75 Å². The van der Waals surface area contributed by atoms with Crippen LogP contribution in [0.4, 0.5) is 0 Å². The number of ether oxygens (including phenoxy) is 1. The third-order valence-corrected chi connectivity index (χ3v) is 8.28. The maximum atomic E-state index is 10.2. The lowest BCUT2D eigenvalue weighted by molar-refractivity contribution is 0.293. The number of nitrogens with two attached hydrogens (primary N) is 1. The van der Waals surface area contributed by atoms with Crippen molar-refractivity contribution in [2.24, 2.45) is 5.73 Å². The maximum Gasteiger partial charge on any atom is 0.188 e. The summed E-state index contributed by atoms with van der Waals surface area (Å²) in [5.74, 6) is 0.789. The molecule has 0 aliphatic carbocycles. The fourth-order valence-corrected chi connectivity index (χ4v) is 3.07. The summed E-state index contributed by atoms with van der Waals surface area (Å²) in [4.78, 5) is 10.2. The number of hydrogen-bond donors (Lipinski definition) is 3. The summed E-state index contributed by atoms with van der Waals surface area (Å²) in [5.41, 5.74) is 6.11. The summed E-state index contributed by atoms with van der Waals surface area (Å²) in [6, 6.07) is 5.37. The molecule has 0 atom stereocenters. The average Bonchev–Trinajstić information content (AvgIpc) is 2.34. The third-order valence-electron chi connectivity index (χ3n) is 4.10. The van der Waals surface area contributed by atoms with Gasteiger partial charge in [0.05, 0.1) is 11.1 Å². The van der Waals surface area contributed by atoms with Gasteiger partial charge in [0.1, 0.15) is 11.6 Å². The Labute approximate surface area is 136 Å². The highest BCUT2D eigenvalue weighted by atomic mass is 79.9. The predicted octanol–water partition coefficient (Wildman–Crippen LogP) is 3.87. The minimum Gasteiger partial charge on any atom is -0.492 e. The van der Waals surface area contributed by atoms with E-state index in [1.807, 2.05) is 19.2 Å². The van der Waals surface area contributed by atoms with Gasteiger partial charge in [-0.25, -0.2) is 0 Å². The average molecular weight is 373 g/mol. The van der Waals surface area contributed by atoms with Crippen molar-refractivity contribution in [3.63, 3.8) is 0 Å². The molecule has 1 rings (SSSR count). The molecule has 21 heavy (non-hydrogen) atoms. The third kappa shape index (κ3) is 5.12.